The minimum Gasteiger partial charge on any atom is -0.342 e. The number of amides is 1. The van der Waals surface area contributed by atoms with E-state index in [0.29, 0.717) is 11.8 Å². The molecular weight excluding hydrogens is 284 g/mol. The van der Waals surface area contributed by atoms with E-state index in [-0.39, 0.29) is 29.3 Å². The van der Waals surface area contributed by atoms with Crippen LogP contribution in [0.15, 0.2) is 0 Å². The van der Waals surface area contributed by atoms with Crippen LogP contribution in [0.2, 0.25) is 0 Å². The molecule has 2 rings (SSSR count). The van der Waals surface area contributed by atoms with E-state index in [1.807, 2.05) is 0 Å². The van der Waals surface area contributed by atoms with Crippen LogP contribution in [0.3, 0.4) is 0 Å². The van der Waals surface area contributed by atoms with E-state index in [9.17, 15) is 4.79 Å². The number of carbonyl (C=O) groups is 1. The average molecular weight is 317 g/mol. The van der Waals surface area contributed by atoms with Crippen LogP contribution in [0, 0.1) is 16.7 Å². The third-order valence-electron chi connectivity index (χ3n) is 5.41. The summed E-state index contributed by atoms with van der Waals surface area (Å²) in [6, 6.07) is 0.219. The molecule has 1 atom stereocenters. The van der Waals surface area contributed by atoms with Crippen LogP contribution < -0.4 is 5.73 Å². The molecule has 1 aliphatic carbocycles. The van der Waals surface area contributed by atoms with Crippen LogP contribution >= 0.6 is 12.4 Å². The van der Waals surface area contributed by atoms with Gasteiger partial charge in [-0.1, -0.05) is 40.5 Å². The van der Waals surface area contributed by atoms with Crippen molar-refractivity contribution in [3.05, 3.63) is 0 Å². The molecule has 1 saturated carbocycles. The maximum absolute atomic E-state index is 13.1. The summed E-state index contributed by atoms with van der Waals surface area (Å²) >= 11 is 0. The first-order valence-corrected chi connectivity index (χ1v) is 8.32. The third kappa shape index (κ3) is 3.92. The zero-order valence-electron chi connectivity index (χ0n) is 14.2. The Kier molecular flexibility index (Phi) is 6.14. The monoisotopic (exact) mass is 316 g/mol. The first-order chi connectivity index (χ1) is 9.27. The SMILES string of the molecule is CC(C)CC1(C(=O)N2CCC(N)C(C)(C)C2)CCCC1.Cl. The van der Waals surface area contributed by atoms with Gasteiger partial charge in [0.15, 0.2) is 0 Å². The number of nitrogens with two attached hydrogens (primary N) is 1. The normalized spacial score (nSPS) is 27.5. The van der Waals surface area contributed by atoms with Gasteiger partial charge < -0.3 is 10.6 Å². The standard InChI is InChI=1S/C17H32N2O.ClH/c1-13(2)11-17(8-5-6-9-17)15(20)19-10-7-14(18)16(3,4)12-19;/h13-14H,5-12,18H2,1-4H3;1H. The summed E-state index contributed by atoms with van der Waals surface area (Å²) in [5.41, 5.74) is 6.19. The van der Waals surface area contributed by atoms with Crippen molar-refractivity contribution in [1.82, 2.24) is 4.90 Å². The van der Waals surface area contributed by atoms with Crippen LogP contribution in [0.5, 0.6) is 0 Å². The lowest BCUT2D eigenvalue weighted by molar-refractivity contribution is -0.146. The number of halogens is 1. The number of carbonyl (C=O) groups excluding carboxylic acids is 1. The van der Waals surface area contributed by atoms with Gasteiger partial charge in [-0.05, 0) is 37.0 Å². The Morgan fingerprint density at radius 1 is 1.29 bits per heavy atom. The highest BCUT2D eigenvalue weighted by Crippen LogP contribution is 2.45. The van der Waals surface area contributed by atoms with Crippen LogP contribution in [0.1, 0.15) is 66.2 Å². The smallest absolute Gasteiger partial charge is 0.228 e. The Balaban J connectivity index is 0.00000220. The van der Waals surface area contributed by atoms with Crippen molar-refractivity contribution in [2.24, 2.45) is 22.5 Å². The van der Waals surface area contributed by atoms with Crippen LogP contribution in [-0.2, 0) is 4.79 Å². The summed E-state index contributed by atoms with van der Waals surface area (Å²) in [5.74, 6) is 1.01. The lowest BCUT2D eigenvalue weighted by Gasteiger charge is -2.45. The van der Waals surface area contributed by atoms with Gasteiger partial charge in [0, 0.05) is 24.5 Å². The maximum atomic E-state index is 13.1. The molecule has 21 heavy (non-hydrogen) atoms. The van der Waals surface area contributed by atoms with Gasteiger partial charge in [0.05, 0.1) is 0 Å². The lowest BCUT2D eigenvalue weighted by Crippen LogP contribution is -2.56. The van der Waals surface area contributed by atoms with Gasteiger partial charge in [0.2, 0.25) is 5.91 Å². The maximum Gasteiger partial charge on any atom is 0.228 e. The number of likely N-dealkylation sites (tertiary alicyclic amines) is 1. The minimum absolute atomic E-state index is 0. The van der Waals surface area contributed by atoms with Gasteiger partial charge in [0.25, 0.3) is 0 Å². The van der Waals surface area contributed by atoms with Crippen molar-refractivity contribution >= 4 is 18.3 Å². The zero-order valence-corrected chi connectivity index (χ0v) is 15.0. The first-order valence-electron chi connectivity index (χ1n) is 8.32. The molecule has 1 amide bonds. The molecule has 2 fully saturated rings. The quantitative estimate of drug-likeness (QED) is 0.864. The van der Waals surface area contributed by atoms with Gasteiger partial charge in [-0.2, -0.15) is 0 Å². The fraction of sp³-hybridized carbons (Fsp3) is 0.941. The van der Waals surface area contributed by atoms with E-state index in [1.165, 1.54) is 12.8 Å². The highest BCUT2D eigenvalue weighted by molar-refractivity contribution is 5.85. The summed E-state index contributed by atoms with van der Waals surface area (Å²) in [6.07, 6.45) is 6.61. The Labute approximate surface area is 136 Å². The fourth-order valence-electron chi connectivity index (χ4n) is 4.22. The fourth-order valence-corrected chi connectivity index (χ4v) is 4.22. The van der Waals surface area contributed by atoms with Crippen molar-refractivity contribution in [2.75, 3.05) is 13.1 Å². The average Bonchev–Trinajstić information content (AvgIpc) is 2.80. The number of rotatable bonds is 3. The number of hydrogen-bond donors (Lipinski definition) is 1. The Morgan fingerprint density at radius 3 is 2.33 bits per heavy atom. The summed E-state index contributed by atoms with van der Waals surface area (Å²) in [6.45, 7) is 10.5. The number of piperidine rings is 1. The number of nitrogens with zero attached hydrogens (tertiary/aromatic N) is 1. The first kappa shape index (κ1) is 18.8. The Morgan fingerprint density at radius 2 is 1.86 bits per heavy atom. The van der Waals surface area contributed by atoms with E-state index in [4.69, 9.17) is 5.73 Å². The minimum atomic E-state index is -0.0638. The second-order valence-corrected chi connectivity index (χ2v) is 8.20. The number of hydrogen-bond acceptors (Lipinski definition) is 2. The van der Waals surface area contributed by atoms with E-state index >= 15 is 0 Å². The zero-order chi connectivity index (χ0) is 15.0. The van der Waals surface area contributed by atoms with Gasteiger partial charge in [-0.3, -0.25) is 4.79 Å². The molecule has 2 aliphatic rings. The molecule has 0 aromatic carbocycles. The molecule has 1 unspecified atom stereocenters. The second-order valence-electron chi connectivity index (χ2n) is 8.20. The molecule has 0 spiro atoms. The largest absolute Gasteiger partial charge is 0.342 e. The molecule has 0 aromatic heterocycles. The molecule has 3 nitrogen and oxygen atoms in total. The van der Waals surface area contributed by atoms with E-state index in [1.54, 1.807) is 0 Å². The molecule has 0 bridgehead atoms. The summed E-state index contributed by atoms with van der Waals surface area (Å²) in [5, 5.41) is 0. The highest BCUT2D eigenvalue weighted by atomic mass is 35.5. The molecule has 0 aromatic rings. The van der Waals surface area contributed by atoms with Crippen LogP contribution in [-0.4, -0.2) is 29.9 Å². The van der Waals surface area contributed by atoms with Crippen molar-refractivity contribution in [2.45, 2.75) is 72.3 Å². The van der Waals surface area contributed by atoms with Crippen molar-refractivity contribution in [3.63, 3.8) is 0 Å². The predicted octanol–water partition coefficient (Wildman–Crippen LogP) is 3.60. The van der Waals surface area contributed by atoms with Gasteiger partial charge >= 0.3 is 0 Å². The predicted molar refractivity (Wildman–Crippen MR) is 90.6 cm³/mol. The highest BCUT2D eigenvalue weighted by Gasteiger charge is 2.46. The van der Waals surface area contributed by atoms with Crippen molar-refractivity contribution < 1.29 is 4.79 Å². The molecule has 4 heteroatoms. The Bertz CT molecular complexity index is 362. The molecule has 1 aliphatic heterocycles. The molecule has 2 N–H and O–H groups in total. The van der Waals surface area contributed by atoms with Gasteiger partial charge in [-0.15, -0.1) is 12.4 Å². The topological polar surface area (TPSA) is 46.3 Å². The van der Waals surface area contributed by atoms with Crippen molar-refractivity contribution in [1.29, 1.82) is 0 Å². The third-order valence-corrected chi connectivity index (χ3v) is 5.41. The van der Waals surface area contributed by atoms with E-state index < -0.39 is 0 Å². The van der Waals surface area contributed by atoms with Crippen LogP contribution in [0.4, 0.5) is 0 Å². The second kappa shape index (κ2) is 6.87. The van der Waals surface area contributed by atoms with E-state index in [0.717, 1.165) is 38.8 Å². The molecule has 1 saturated heterocycles. The summed E-state index contributed by atoms with van der Waals surface area (Å²) < 4.78 is 0. The summed E-state index contributed by atoms with van der Waals surface area (Å²) in [4.78, 5) is 15.3. The van der Waals surface area contributed by atoms with Crippen LogP contribution in [0.25, 0.3) is 0 Å². The van der Waals surface area contributed by atoms with Gasteiger partial charge in [-0.25, -0.2) is 0 Å². The van der Waals surface area contributed by atoms with Gasteiger partial charge in [0.1, 0.15) is 0 Å². The lowest BCUT2D eigenvalue weighted by atomic mass is 9.74. The molecule has 0 radical (unpaired) electrons. The Hall–Kier alpha value is -0.280. The van der Waals surface area contributed by atoms with Crippen molar-refractivity contribution in [3.8, 4) is 0 Å². The molecular formula is C17H33ClN2O. The summed E-state index contributed by atoms with van der Waals surface area (Å²) in [7, 11) is 0. The molecule has 1 heterocycles. The van der Waals surface area contributed by atoms with E-state index in [2.05, 4.69) is 32.6 Å². The molecule has 124 valence electrons.